The number of likely N-dealkylation sites (N-methyl/N-ethyl adjacent to an activating group) is 1. The van der Waals surface area contributed by atoms with E-state index in [0.29, 0.717) is 29.7 Å². The normalized spacial score (nSPS) is 26.8. The molecule has 2 atom stereocenters. The van der Waals surface area contributed by atoms with Gasteiger partial charge in [-0.3, -0.25) is 9.69 Å². The first-order chi connectivity index (χ1) is 13.5. The van der Waals surface area contributed by atoms with Gasteiger partial charge in [-0.2, -0.15) is 0 Å². The van der Waals surface area contributed by atoms with Crippen LogP contribution in [0.4, 0.5) is 0 Å². The van der Waals surface area contributed by atoms with Crippen LogP contribution < -0.4 is 0 Å². The average Bonchev–Trinajstić information content (AvgIpc) is 3.37. The summed E-state index contributed by atoms with van der Waals surface area (Å²) >= 11 is 12.1. The van der Waals surface area contributed by atoms with Gasteiger partial charge in [-0.1, -0.05) is 41.4 Å². The van der Waals surface area contributed by atoms with Gasteiger partial charge in [-0.05, 0) is 24.1 Å². The first kappa shape index (κ1) is 20.2. The molecule has 4 rings (SSSR count). The molecule has 7 heteroatoms. The van der Waals surface area contributed by atoms with E-state index in [1.165, 1.54) is 0 Å². The molecule has 0 N–H and O–H groups in total. The van der Waals surface area contributed by atoms with Crippen molar-refractivity contribution in [2.45, 2.75) is 43.6 Å². The van der Waals surface area contributed by atoms with Crippen molar-refractivity contribution in [3.63, 3.8) is 0 Å². The second-order valence-corrected chi connectivity index (χ2v) is 8.65. The standard InChI is InChI=1S/C21H26Cl2N2O3/c1-24(20(26)13-15-4-5-16(22)17(23)12-15)18-6-7-21(27-10-11-28-21)14-19(18)25-8-2-3-9-25/h2-5,12,18-19H,6-11,13-14H2,1H3/t18-,19-/m1/s1. The van der Waals surface area contributed by atoms with Gasteiger partial charge in [-0.25, -0.2) is 0 Å². The van der Waals surface area contributed by atoms with Gasteiger partial charge in [0.15, 0.2) is 5.79 Å². The summed E-state index contributed by atoms with van der Waals surface area (Å²) in [6.45, 7) is 3.13. The van der Waals surface area contributed by atoms with Crippen molar-refractivity contribution in [1.29, 1.82) is 0 Å². The maximum atomic E-state index is 13.0. The van der Waals surface area contributed by atoms with Crippen LogP contribution in [0.5, 0.6) is 0 Å². The largest absolute Gasteiger partial charge is 0.347 e. The van der Waals surface area contributed by atoms with Crippen LogP contribution >= 0.6 is 23.2 Å². The van der Waals surface area contributed by atoms with Crippen molar-refractivity contribution in [3.05, 3.63) is 46.0 Å². The molecule has 3 aliphatic rings. The van der Waals surface area contributed by atoms with Gasteiger partial charge < -0.3 is 14.4 Å². The molecular weight excluding hydrogens is 399 g/mol. The minimum absolute atomic E-state index is 0.0877. The summed E-state index contributed by atoms with van der Waals surface area (Å²) in [6.07, 6.45) is 7.17. The molecular formula is C21H26Cl2N2O3. The van der Waals surface area contributed by atoms with Crippen LogP contribution in [0.3, 0.4) is 0 Å². The Hall–Kier alpha value is -1.11. The van der Waals surface area contributed by atoms with Crippen LogP contribution in [0.2, 0.25) is 10.0 Å². The average molecular weight is 425 g/mol. The first-order valence-electron chi connectivity index (χ1n) is 9.84. The molecule has 0 aromatic heterocycles. The Kier molecular flexibility index (Phi) is 6.00. The van der Waals surface area contributed by atoms with Crippen LogP contribution in [-0.2, 0) is 20.7 Å². The molecule has 1 amide bonds. The van der Waals surface area contributed by atoms with E-state index in [1.807, 2.05) is 18.0 Å². The number of benzene rings is 1. The van der Waals surface area contributed by atoms with E-state index < -0.39 is 5.79 Å². The van der Waals surface area contributed by atoms with Crippen molar-refractivity contribution < 1.29 is 14.3 Å². The molecule has 0 unspecified atom stereocenters. The molecule has 1 aromatic carbocycles. The van der Waals surface area contributed by atoms with E-state index in [0.717, 1.165) is 37.9 Å². The molecule has 2 fully saturated rings. The fourth-order valence-electron chi connectivity index (χ4n) is 4.60. The molecule has 2 aliphatic heterocycles. The quantitative estimate of drug-likeness (QED) is 0.693. The summed E-state index contributed by atoms with van der Waals surface area (Å²) in [6, 6.07) is 5.72. The fraction of sp³-hybridized carbons (Fsp3) is 0.571. The monoisotopic (exact) mass is 424 g/mol. The van der Waals surface area contributed by atoms with Gasteiger partial charge in [0, 0.05) is 45.1 Å². The third-order valence-electron chi connectivity index (χ3n) is 6.14. The SMILES string of the molecule is CN(C(=O)Cc1ccc(Cl)c(Cl)c1)[C@@H]1CCC2(C[C@H]1N1CC=CC1)OCCO2. The number of hydrogen-bond donors (Lipinski definition) is 0. The lowest BCUT2D eigenvalue weighted by Crippen LogP contribution is -2.58. The first-order valence-corrected chi connectivity index (χ1v) is 10.6. The molecule has 1 spiro atoms. The summed E-state index contributed by atoms with van der Waals surface area (Å²) in [4.78, 5) is 17.4. The molecule has 1 saturated heterocycles. The van der Waals surface area contributed by atoms with Gasteiger partial charge in [0.25, 0.3) is 0 Å². The molecule has 1 aliphatic carbocycles. The molecule has 1 aromatic rings. The summed E-state index contributed by atoms with van der Waals surface area (Å²) in [7, 11) is 1.91. The number of nitrogens with zero attached hydrogens (tertiary/aromatic N) is 2. The number of carbonyl (C=O) groups is 1. The maximum Gasteiger partial charge on any atom is 0.227 e. The van der Waals surface area contributed by atoms with Crippen LogP contribution in [0.25, 0.3) is 0 Å². The van der Waals surface area contributed by atoms with Crippen molar-refractivity contribution in [3.8, 4) is 0 Å². The Morgan fingerprint density at radius 2 is 1.93 bits per heavy atom. The third-order valence-corrected chi connectivity index (χ3v) is 6.88. The maximum absolute atomic E-state index is 13.0. The van der Waals surface area contributed by atoms with Crippen molar-refractivity contribution in [1.82, 2.24) is 9.80 Å². The second kappa shape index (κ2) is 8.33. The summed E-state index contributed by atoms with van der Waals surface area (Å²) in [5, 5.41) is 0.979. The number of hydrogen-bond acceptors (Lipinski definition) is 4. The Morgan fingerprint density at radius 1 is 1.21 bits per heavy atom. The lowest BCUT2D eigenvalue weighted by molar-refractivity contribution is -0.198. The highest BCUT2D eigenvalue weighted by molar-refractivity contribution is 6.42. The van der Waals surface area contributed by atoms with E-state index in [2.05, 4.69) is 17.1 Å². The third kappa shape index (κ3) is 4.10. The summed E-state index contributed by atoms with van der Waals surface area (Å²) < 4.78 is 12.0. The predicted octanol–water partition coefficient (Wildman–Crippen LogP) is 3.53. The minimum Gasteiger partial charge on any atom is -0.347 e. The van der Waals surface area contributed by atoms with E-state index in [1.54, 1.807) is 12.1 Å². The molecule has 0 bridgehead atoms. The number of halogens is 2. The highest BCUT2D eigenvalue weighted by atomic mass is 35.5. The van der Waals surface area contributed by atoms with E-state index >= 15 is 0 Å². The van der Waals surface area contributed by atoms with Crippen LogP contribution in [0, 0.1) is 0 Å². The van der Waals surface area contributed by atoms with Gasteiger partial charge in [-0.15, -0.1) is 0 Å². The molecule has 5 nitrogen and oxygen atoms in total. The zero-order chi connectivity index (χ0) is 19.7. The lowest BCUT2D eigenvalue weighted by atomic mass is 9.83. The van der Waals surface area contributed by atoms with Gasteiger partial charge >= 0.3 is 0 Å². The predicted molar refractivity (Wildman–Crippen MR) is 110 cm³/mol. The molecule has 1 saturated carbocycles. The zero-order valence-electron chi connectivity index (χ0n) is 16.1. The van der Waals surface area contributed by atoms with Crippen LogP contribution in [0.1, 0.15) is 24.8 Å². The van der Waals surface area contributed by atoms with E-state index in [9.17, 15) is 4.79 Å². The Bertz CT molecular complexity index is 756. The Balaban J connectivity index is 1.48. The van der Waals surface area contributed by atoms with E-state index in [-0.39, 0.29) is 18.0 Å². The molecule has 0 radical (unpaired) electrons. The number of amides is 1. The van der Waals surface area contributed by atoms with E-state index in [4.69, 9.17) is 32.7 Å². The van der Waals surface area contributed by atoms with Gasteiger partial charge in [0.2, 0.25) is 5.91 Å². The van der Waals surface area contributed by atoms with Crippen LogP contribution in [-0.4, -0.2) is 66.9 Å². The zero-order valence-corrected chi connectivity index (χ0v) is 17.6. The number of carbonyl (C=O) groups excluding carboxylic acids is 1. The Morgan fingerprint density at radius 3 is 2.61 bits per heavy atom. The van der Waals surface area contributed by atoms with Crippen molar-refractivity contribution in [2.24, 2.45) is 0 Å². The number of ether oxygens (including phenoxy) is 2. The minimum atomic E-state index is -0.475. The highest BCUT2D eigenvalue weighted by Crippen LogP contribution is 2.40. The molecule has 28 heavy (non-hydrogen) atoms. The topological polar surface area (TPSA) is 42.0 Å². The second-order valence-electron chi connectivity index (χ2n) is 7.84. The molecule has 2 heterocycles. The van der Waals surface area contributed by atoms with Crippen LogP contribution in [0.15, 0.2) is 30.4 Å². The van der Waals surface area contributed by atoms with Gasteiger partial charge in [0.1, 0.15) is 0 Å². The van der Waals surface area contributed by atoms with Crippen molar-refractivity contribution in [2.75, 3.05) is 33.4 Å². The van der Waals surface area contributed by atoms with Crippen molar-refractivity contribution >= 4 is 29.1 Å². The summed E-state index contributed by atoms with van der Waals surface area (Å²) in [5.41, 5.74) is 0.875. The summed E-state index contributed by atoms with van der Waals surface area (Å²) in [5.74, 6) is -0.387. The smallest absolute Gasteiger partial charge is 0.227 e. The lowest BCUT2D eigenvalue weighted by Gasteiger charge is -2.47. The fourth-order valence-corrected chi connectivity index (χ4v) is 4.92. The van der Waals surface area contributed by atoms with Gasteiger partial charge in [0.05, 0.1) is 29.7 Å². The Labute approximate surface area is 176 Å². The number of rotatable bonds is 4. The molecule has 152 valence electrons. The highest BCUT2D eigenvalue weighted by Gasteiger charge is 2.48.